The Morgan fingerprint density at radius 1 is 1.33 bits per heavy atom. The summed E-state index contributed by atoms with van der Waals surface area (Å²) in [4.78, 5) is 25.4. The average molecular weight is 354 g/mol. The molecule has 0 spiro atoms. The van der Waals surface area contributed by atoms with Gasteiger partial charge in [0.1, 0.15) is 0 Å². The topological polar surface area (TPSA) is 75.4 Å². The number of benzene rings is 1. The lowest BCUT2D eigenvalue weighted by Gasteiger charge is -2.26. The number of hydrogen-bond acceptors (Lipinski definition) is 3. The summed E-state index contributed by atoms with van der Waals surface area (Å²) in [6.07, 6.45) is 0. The van der Waals surface area contributed by atoms with Gasteiger partial charge in [0.15, 0.2) is 0 Å². The highest BCUT2D eigenvalue weighted by molar-refractivity contribution is 9.10. The Kier molecular flexibility index (Phi) is 5.36. The molecular formula is C15H20BrN3O2. The fraction of sp³-hybridized carbons (Fsp3) is 0.467. The molecule has 1 heterocycles. The van der Waals surface area contributed by atoms with Crippen LogP contribution in [0, 0.1) is 11.8 Å². The fourth-order valence-electron chi connectivity index (χ4n) is 2.59. The molecule has 0 radical (unpaired) electrons. The van der Waals surface area contributed by atoms with E-state index in [-0.39, 0.29) is 24.3 Å². The molecule has 0 bridgehead atoms. The summed E-state index contributed by atoms with van der Waals surface area (Å²) < 4.78 is 0.979. The second-order valence-electron chi connectivity index (χ2n) is 5.53. The van der Waals surface area contributed by atoms with Crippen molar-refractivity contribution in [2.45, 2.75) is 13.5 Å². The molecule has 1 aliphatic heterocycles. The minimum Gasteiger partial charge on any atom is -0.368 e. The number of nitrogens with two attached hydrogens (primary N) is 1. The van der Waals surface area contributed by atoms with Crippen LogP contribution >= 0.6 is 15.9 Å². The lowest BCUT2D eigenvalue weighted by molar-refractivity contribution is -0.139. The number of nitrogens with zero attached hydrogens (tertiary/aromatic N) is 1. The van der Waals surface area contributed by atoms with Crippen molar-refractivity contribution in [1.29, 1.82) is 0 Å². The predicted molar refractivity (Wildman–Crippen MR) is 84.3 cm³/mol. The zero-order valence-corrected chi connectivity index (χ0v) is 13.6. The maximum atomic E-state index is 12.6. The van der Waals surface area contributed by atoms with Crippen molar-refractivity contribution < 1.29 is 9.59 Å². The van der Waals surface area contributed by atoms with Gasteiger partial charge in [-0.05, 0) is 30.2 Å². The summed E-state index contributed by atoms with van der Waals surface area (Å²) in [6.45, 7) is 3.90. The van der Waals surface area contributed by atoms with Crippen LogP contribution in [0.3, 0.4) is 0 Å². The van der Waals surface area contributed by atoms with E-state index >= 15 is 0 Å². The Morgan fingerprint density at radius 3 is 2.52 bits per heavy atom. The number of carbonyl (C=O) groups is 2. The molecule has 1 fully saturated rings. The lowest BCUT2D eigenvalue weighted by atomic mass is 9.96. The van der Waals surface area contributed by atoms with Crippen molar-refractivity contribution in [3.8, 4) is 0 Å². The first kappa shape index (κ1) is 16.0. The van der Waals surface area contributed by atoms with Gasteiger partial charge in [-0.1, -0.05) is 35.0 Å². The van der Waals surface area contributed by atoms with Gasteiger partial charge in [0.2, 0.25) is 11.8 Å². The van der Waals surface area contributed by atoms with E-state index in [4.69, 9.17) is 5.73 Å². The van der Waals surface area contributed by atoms with Crippen LogP contribution in [0.4, 0.5) is 0 Å². The van der Waals surface area contributed by atoms with E-state index in [1.807, 2.05) is 31.2 Å². The first-order chi connectivity index (χ1) is 9.97. The molecule has 0 unspecified atom stereocenters. The number of primary amides is 1. The molecule has 21 heavy (non-hydrogen) atoms. The Bertz CT molecular complexity index is 518. The van der Waals surface area contributed by atoms with Crippen LogP contribution < -0.4 is 11.1 Å². The molecular weight excluding hydrogens is 334 g/mol. The monoisotopic (exact) mass is 353 g/mol. The quantitative estimate of drug-likeness (QED) is 0.832. The summed E-state index contributed by atoms with van der Waals surface area (Å²) in [7, 11) is 0. The first-order valence-electron chi connectivity index (χ1n) is 6.99. The highest BCUT2D eigenvalue weighted by atomic mass is 79.9. The molecule has 0 aliphatic carbocycles. The molecule has 2 amide bonds. The van der Waals surface area contributed by atoms with Gasteiger partial charge in [0.25, 0.3) is 0 Å². The van der Waals surface area contributed by atoms with Crippen LogP contribution in [0.5, 0.6) is 0 Å². The van der Waals surface area contributed by atoms with Gasteiger partial charge < -0.3 is 16.0 Å². The summed E-state index contributed by atoms with van der Waals surface area (Å²) in [5, 5.41) is 3.21. The zero-order valence-electron chi connectivity index (χ0n) is 12.0. The lowest BCUT2D eigenvalue weighted by Crippen LogP contribution is -2.43. The molecule has 3 N–H and O–H groups in total. The standard InChI is InChI=1S/C15H20BrN3O2/c1-10-6-18-7-13(10)15(21)19(9-14(17)20)8-11-2-4-12(16)5-3-11/h2-5,10,13,18H,6-9H2,1H3,(H2,17,20)/t10-,13-/m1/s1. The number of rotatable bonds is 5. The molecule has 1 saturated heterocycles. The van der Waals surface area contributed by atoms with Gasteiger partial charge in [-0.2, -0.15) is 0 Å². The van der Waals surface area contributed by atoms with E-state index in [1.54, 1.807) is 4.90 Å². The molecule has 0 aromatic heterocycles. The number of carbonyl (C=O) groups excluding carboxylic acids is 2. The van der Waals surface area contributed by atoms with Crippen LogP contribution in [0.25, 0.3) is 0 Å². The smallest absolute Gasteiger partial charge is 0.237 e. The molecule has 2 atom stereocenters. The molecule has 1 aliphatic rings. The number of halogens is 1. The van der Waals surface area contributed by atoms with Gasteiger partial charge in [0.05, 0.1) is 12.5 Å². The van der Waals surface area contributed by atoms with Crippen molar-refractivity contribution >= 4 is 27.7 Å². The van der Waals surface area contributed by atoms with Crippen LogP contribution in [-0.4, -0.2) is 36.3 Å². The van der Waals surface area contributed by atoms with E-state index in [2.05, 4.69) is 21.2 Å². The van der Waals surface area contributed by atoms with Crippen LogP contribution in [0.15, 0.2) is 28.7 Å². The van der Waals surface area contributed by atoms with Crippen molar-refractivity contribution in [1.82, 2.24) is 10.2 Å². The van der Waals surface area contributed by atoms with Gasteiger partial charge >= 0.3 is 0 Å². The van der Waals surface area contributed by atoms with E-state index < -0.39 is 5.91 Å². The second kappa shape index (κ2) is 7.04. The van der Waals surface area contributed by atoms with Gasteiger partial charge in [-0.25, -0.2) is 0 Å². The van der Waals surface area contributed by atoms with Crippen LogP contribution in [0.2, 0.25) is 0 Å². The molecule has 5 nitrogen and oxygen atoms in total. The van der Waals surface area contributed by atoms with E-state index in [1.165, 1.54) is 0 Å². The minimum atomic E-state index is -0.487. The molecule has 114 valence electrons. The number of hydrogen-bond donors (Lipinski definition) is 2. The van der Waals surface area contributed by atoms with E-state index in [0.717, 1.165) is 16.6 Å². The summed E-state index contributed by atoms with van der Waals surface area (Å²) >= 11 is 3.38. The minimum absolute atomic E-state index is 0.00535. The third-order valence-corrected chi connectivity index (χ3v) is 4.31. The second-order valence-corrected chi connectivity index (χ2v) is 6.44. The van der Waals surface area contributed by atoms with Crippen LogP contribution in [0.1, 0.15) is 12.5 Å². The molecule has 1 aromatic carbocycles. The van der Waals surface area contributed by atoms with Crippen molar-refractivity contribution in [2.24, 2.45) is 17.6 Å². The van der Waals surface area contributed by atoms with Gasteiger partial charge in [0, 0.05) is 17.6 Å². The summed E-state index contributed by atoms with van der Waals surface area (Å²) in [5.74, 6) is -0.300. The van der Waals surface area contributed by atoms with Crippen molar-refractivity contribution in [3.63, 3.8) is 0 Å². The predicted octanol–water partition coefficient (Wildman–Crippen LogP) is 1.12. The summed E-state index contributed by atoms with van der Waals surface area (Å²) in [6, 6.07) is 7.70. The maximum Gasteiger partial charge on any atom is 0.237 e. The van der Waals surface area contributed by atoms with Gasteiger partial charge in [-0.3, -0.25) is 9.59 Å². The zero-order chi connectivity index (χ0) is 15.4. The largest absolute Gasteiger partial charge is 0.368 e. The summed E-state index contributed by atoms with van der Waals surface area (Å²) in [5.41, 5.74) is 6.26. The van der Waals surface area contributed by atoms with E-state index in [9.17, 15) is 9.59 Å². The van der Waals surface area contributed by atoms with Crippen molar-refractivity contribution in [2.75, 3.05) is 19.6 Å². The highest BCUT2D eigenvalue weighted by Gasteiger charge is 2.33. The van der Waals surface area contributed by atoms with E-state index in [0.29, 0.717) is 13.1 Å². The third-order valence-electron chi connectivity index (χ3n) is 3.78. The Balaban J connectivity index is 2.11. The van der Waals surface area contributed by atoms with Crippen molar-refractivity contribution in [3.05, 3.63) is 34.3 Å². The normalized spacial score (nSPS) is 21.2. The number of amides is 2. The number of nitrogens with one attached hydrogen (secondary N) is 1. The third kappa shape index (κ3) is 4.28. The Morgan fingerprint density at radius 2 is 2.00 bits per heavy atom. The SMILES string of the molecule is C[C@@H]1CNC[C@H]1C(=O)N(CC(N)=O)Cc1ccc(Br)cc1. The highest BCUT2D eigenvalue weighted by Crippen LogP contribution is 2.20. The molecule has 0 saturated carbocycles. The Hall–Kier alpha value is -1.40. The molecule has 1 aromatic rings. The average Bonchev–Trinajstić information content (AvgIpc) is 2.85. The maximum absolute atomic E-state index is 12.6. The van der Waals surface area contributed by atoms with Crippen LogP contribution in [-0.2, 0) is 16.1 Å². The van der Waals surface area contributed by atoms with Gasteiger partial charge in [-0.15, -0.1) is 0 Å². The Labute approximate surface area is 133 Å². The molecule has 6 heteroatoms. The molecule has 2 rings (SSSR count). The first-order valence-corrected chi connectivity index (χ1v) is 7.79. The fourth-order valence-corrected chi connectivity index (χ4v) is 2.85.